The van der Waals surface area contributed by atoms with Gasteiger partial charge in [-0.25, -0.2) is 4.79 Å². The van der Waals surface area contributed by atoms with E-state index < -0.39 is 12.1 Å². The van der Waals surface area contributed by atoms with Gasteiger partial charge in [0, 0.05) is 30.2 Å². The van der Waals surface area contributed by atoms with E-state index in [0.717, 1.165) is 25.2 Å². The van der Waals surface area contributed by atoms with Gasteiger partial charge in [-0.15, -0.1) is 0 Å². The van der Waals surface area contributed by atoms with Gasteiger partial charge in [0.1, 0.15) is 17.5 Å². The molecule has 8 heteroatoms. The van der Waals surface area contributed by atoms with Crippen LogP contribution in [0.15, 0.2) is 78.9 Å². The standard InChI is InChI=1S/C28H31ClN4O3/c29-22-8-12-24(13-9-22)36-25-14-10-23(11-15-25)31-28(35)32-26(20-21-6-2-1-3-7-21)27(34)30-16-19-33-17-4-5-18-33/h1-3,6-15,26H,4-5,16-20H2,(H,30,34)(H2,31,32,35). The third-order valence-corrected chi connectivity index (χ3v) is 6.24. The number of ether oxygens (including phenoxy) is 1. The number of nitrogens with zero attached hydrogens (tertiary/aromatic N) is 1. The summed E-state index contributed by atoms with van der Waals surface area (Å²) in [4.78, 5) is 28.0. The van der Waals surface area contributed by atoms with E-state index in [-0.39, 0.29) is 5.91 Å². The third kappa shape index (κ3) is 8.00. The van der Waals surface area contributed by atoms with Crippen molar-refractivity contribution in [3.05, 3.63) is 89.4 Å². The minimum Gasteiger partial charge on any atom is -0.457 e. The van der Waals surface area contributed by atoms with Gasteiger partial charge in [0.05, 0.1) is 0 Å². The molecule has 0 spiro atoms. The molecule has 188 valence electrons. The first-order chi connectivity index (χ1) is 17.5. The van der Waals surface area contributed by atoms with Crippen LogP contribution in [0, 0.1) is 0 Å². The van der Waals surface area contributed by atoms with E-state index in [0.29, 0.717) is 35.2 Å². The van der Waals surface area contributed by atoms with E-state index in [1.807, 2.05) is 30.3 Å². The monoisotopic (exact) mass is 506 g/mol. The summed E-state index contributed by atoms with van der Waals surface area (Å²) in [5.74, 6) is 1.10. The summed E-state index contributed by atoms with van der Waals surface area (Å²) in [7, 11) is 0. The molecule has 1 atom stereocenters. The van der Waals surface area contributed by atoms with Crippen LogP contribution in [-0.2, 0) is 11.2 Å². The van der Waals surface area contributed by atoms with Crippen molar-refractivity contribution in [1.29, 1.82) is 0 Å². The Morgan fingerprint density at radius 1 is 0.889 bits per heavy atom. The van der Waals surface area contributed by atoms with Crippen molar-refractivity contribution < 1.29 is 14.3 Å². The summed E-state index contributed by atoms with van der Waals surface area (Å²) in [5, 5.41) is 9.26. The van der Waals surface area contributed by atoms with Crippen LogP contribution in [0.3, 0.4) is 0 Å². The second-order valence-electron chi connectivity index (χ2n) is 8.76. The highest BCUT2D eigenvalue weighted by molar-refractivity contribution is 6.30. The zero-order chi connectivity index (χ0) is 25.2. The molecule has 4 rings (SSSR count). The number of hydrogen-bond acceptors (Lipinski definition) is 4. The SMILES string of the molecule is O=C(Nc1ccc(Oc2ccc(Cl)cc2)cc1)NC(Cc1ccccc1)C(=O)NCCN1CCCC1. The average Bonchev–Trinajstić information content (AvgIpc) is 3.40. The number of rotatable bonds is 10. The van der Waals surface area contributed by atoms with Crippen LogP contribution in [0.2, 0.25) is 5.02 Å². The highest BCUT2D eigenvalue weighted by Gasteiger charge is 2.22. The Kier molecular flexibility index (Phi) is 9.19. The van der Waals surface area contributed by atoms with E-state index in [4.69, 9.17) is 16.3 Å². The first-order valence-corrected chi connectivity index (χ1v) is 12.6. The van der Waals surface area contributed by atoms with Gasteiger partial charge in [0.25, 0.3) is 0 Å². The summed E-state index contributed by atoms with van der Waals surface area (Å²) >= 11 is 5.91. The minimum absolute atomic E-state index is 0.195. The van der Waals surface area contributed by atoms with Gasteiger partial charge in [0.2, 0.25) is 5.91 Å². The molecule has 1 fully saturated rings. The second kappa shape index (κ2) is 13.0. The van der Waals surface area contributed by atoms with Crippen LogP contribution < -0.4 is 20.7 Å². The zero-order valence-electron chi connectivity index (χ0n) is 20.1. The molecule has 1 saturated heterocycles. The fourth-order valence-electron chi connectivity index (χ4n) is 4.10. The molecule has 0 aromatic heterocycles. The highest BCUT2D eigenvalue weighted by Crippen LogP contribution is 2.24. The molecule has 3 aromatic carbocycles. The Morgan fingerprint density at radius 2 is 1.53 bits per heavy atom. The summed E-state index contributed by atoms with van der Waals surface area (Å²) in [6.45, 7) is 3.53. The summed E-state index contributed by atoms with van der Waals surface area (Å²) in [6, 6.07) is 22.6. The molecule has 1 aliphatic heterocycles. The lowest BCUT2D eigenvalue weighted by Gasteiger charge is -2.20. The number of likely N-dealkylation sites (tertiary alicyclic amines) is 1. The van der Waals surface area contributed by atoms with Crippen LogP contribution in [0.4, 0.5) is 10.5 Å². The summed E-state index contributed by atoms with van der Waals surface area (Å²) < 4.78 is 5.79. The Labute approximate surface area is 216 Å². The maximum atomic E-state index is 13.0. The van der Waals surface area contributed by atoms with E-state index >= 15 is 0 Å². The van der Waals surface area contributed by atoms with Crippen molar-refractivity contribution in [2.24, 2.45) is 0 Å². The topological polar surface area (TPSA) is 82.7 Å². The quantitative estimate of drug-likeness (QED) is 0.358. The first-order valence-electron chi connectivity index (χ1n) is 12.2. The second-order valence-corrected chi connectivity index (χ2v) is 9.20. The van der Waals surface area contributed by atoms with Crippen LogP contribution in [-0.4, -0.2) is 49.1 Å². The summed E-state index contributed by atoms with van der Waals surface area (Å²) in [6.07, 6.45) is 2.82. The van der Waals surface area contributed by atoms with Crippen LogP contribution in [0.1, 0.15) is 18.4 Å². The van der Waals surface area contributed by atoms with Crippen LogP contribution >= 0.6 is 11.6 Å². The predicted octanol–water partition coefficient (Wildman–Crippen LogP) is 5.08. The molecule has 1 heterocycles. The molecule has 3 N–H and O–H groups in total. The summed E-state index contributed by atoms with van der Waals surface area (Å²) in [5.41, 5.74) is 1.56. The van der Waals surface area contributed by atoms with Crippen molar-refractivity contribution in [2.45, 2.75) is 25.3 Å². The normalized spacial score (nSPS) is 14.1. The van der Waals surface area contributed by atoms with Gasteiger partial charge in [-0.1, -0.05) is 41.9 Å². The van der Waals surface area contributed by atoms with Crippen molar-refractivity contribution in [1.82, 2.24) is 15.5 Å². The van der Waals surface area contributed by atoms with Gasteiger partial charge in [0.15, 0.2) is 0 Å². The number of hydrogen-bond donors (Lipinski definition) is 3. The molecule has 3 aromatic rings. The Balaban J connectivity index is 1.32. The zero-order valence-corrected chi connectivity index (χ0v) is 20.8. The van der Waals surface area contributed by atoms with Gasteiger partial charge in [-0.3, -0.25) is 4.79 Å². The van der Waals surface area contributed by atoms with Crippen molar-refractivity contribution in [3.63, 3.8) is 0 Å². The van der Waals surface area contributed by atoms with Crippen molar-refractivity contribution in [2.75, 3.05) is 31.5 Å². The lowest BCUT2D eigenvalue weighted by atomic mass is 10.1. The van der Waals surface area contributed by atoms with Gasteiger partial charge < -0.3 is 25.6 Å². The largest absolute Gasteiger partial charge is 0.457 e. The smallest absolute Gasteiger partial charge is 0.319 e. The Morgan fingerprint density at radius 3 is 2.19 bits per heavy atom. The molecule has 1 unspecified atom stereocenters. The minimum atomic E-state index is -0.696. The van der Waals surface area contributed by atoms with Gasteiger partial charge >= 0.3 is 6.03 Å². The number of halogens is 1. The lowest BCUT2D eigenvalue weighted by molar-refractivity contribution is -0.122. The van der Waals surface area contributed by atoms with E-state index in [1.54, 1.807) is 48.5 Å². The van der Waals surface area contributed by atoms with Crippen molar-refractivity contribution >= 4 is 29.2 Å². The predicted molar refractivity (Wildman–Crippen MR) is 143 cm³/mol. The molecule has 1 aliphatic rings. The number of carbonyl (C=O) groups is 2. The highest BCUT2D eigenvalue weighted by atomic mass is 35.5. The van der Waals surface area contributed by atoms with Gasteiger partial charge in [-0.05, 0) is 80.0 Å². The maximum absolute atomic E-state index is 13.0. The number of nitrogens with one attached hydrogen (secondary N) is 3. The Bertz CT molecular complexity index is 1120. The van der Waals surface area contributed by atoms with E-state index in [9.17, 15) is 9.59 Å². The molecule has 0 aliphatic carbocycles. The molecule has 0 saturated carbocycles. The van der Waals surface area contributed by atoms with Crippen LogP contribution in [0.5, 0.6) is 11.5 Å². The number of carbonyl (C=O) groups excluding carboxylic acids is 2. The molecular weight excluding hydrogens is 476 g/mol. The molecule has 36 heavy (non-hydrogen) atoms. The van der Waals surface area contributed by atoms with E-state index in [1.165, 1.54) is 12.8 Å². The fourth-order valence-corrected chi connectivity index (χ4v) is 4.22. The Hall–Kier alpha value is -3.55. The number of urea groups is 1. The first kappa shape index (κ1) is 25.5. The van der Waals surface area contributed by atoms with Gasteiger partial charge in [-0.2, -0.15) is 0 Å². The number of amides is 3. The number of benzene rings is 3. The molecule has 7 nitrogen and oxygen atoms in total. The third-order valence-electron chi connectivity index (χ3n) is 5.99. The maximum Gasteiger partial charge on any atom is 0.319 e. The average molecular weight is 507 g/mol. The fraction of sp³-hybridized carbons (Fsp3) is 0.286. The lowest BCUT2D eigenvalue weighted by Crippen LogP contribution is -2.50. The van der Waals surface area contributed by atoms with Crippen LogP contribution in [0.25, 0.3) is 0 Å². The molecule has 3 amide bonds. The number of anilines is 1. The van der Waals surface area contributed by atoms with E-state index in [2.05, 4.69) is 20.9 Å². The molecule has 0 bridgehead atoms. The van der Waals surface area contributed by atoms with Crippen molar-refractivity contribution in [3.8, 4) is 11.5 Å². The molecule has 0 radical (unpaired) electrons. The molecular formula is C28H31ClN4O3.